The summed E-state index contributed by atoms with van der Waals surface area (Å²) in [5.41, 5.74) is 3.51. The summed E-state index contributed by atoms with van der Waals surface area (Å²) in [6.45, 7) is 6.74. The molecule has 0 aliphatic carbocycles. The second kappa shape index (κ2) is 16.6. The average molecular weight is 319 g/mol. The van der Waals surface area contributed by atoms with E-state index in [1.807, 2.05) is 35.3 Å². The SMILES string of the molecule is CCCCCCSC=C=C(CCSCC)SCCC. The third-order valence-corrected chi connectivity index (χ3v) is 5.57. The second-order valence-electron chi connectivity index (χ2n) is 4.41. The molecule has 3 heteroatoms. The molecule has 0 radical (unpaired) electrons. The number of hydrogen-bond donors (Lipinski definition) is 0. The first-order chi connectivity index (χ1) is 9.35. The summed E-state index contributed by atoms with van der Waals surface area (Å²) in [6, 6.07) is 0. The zero-order valence-corrected chi connectivity index (χ0v) is 15.3. The molecule has 0 heterocycles. The average Bonchev–Trinajstić information content (AvgIpc) is 2.43. The molecule has 0 rings (SSSR count). The van der Waals surface area contributed by atoms with Crippen molar-refractivity contribution < 1.29 is 0 Å². The van der Waals surface area contributed by atoms with Gasteiger partial charge in [-0.05, 0) is 42.3 Å². The van der Waals surface area contributed by atoms with Crippen molar-refractivity contribution in [2.45, 2.75) is 59.3 Å². The van der Waals surface area contributed by atoms with Crippen molar-refractivity contribution in [3.8, 4) is 0 Å². The fourth-order valence-electron chi connectivity index (χ4n) is 1.50. The molecule has 0 fully saturated rings. The Balaban J connectivity index is 3.90. The summed E-state index contributed by atoms with van der Waals surface area (Å²) in [4.78, 5) is 1.45. The first-order valence-electron chi connectivity index (χ1n) is 7.61. The summed E-state index contributed by atoms with van der Waals surface area (Å²) in [5, 5.41) is 2.19. The minimum Gasteiger partial charge on any atom is -0.162 e. The van der Waals surface area contributed by atoms with Crippen LogP contribution in [0, 0.1) is 0 Å². The molecule has 0 unspecified atom stereocenters. The third-order valence-electron chi connectivity index (χ3n) is 2.58. The minimum absolute atomic E-state index is 1.19. The second-order valence-corrected chi connectivity index (χ2v) is 7.97. The monoisotopic (exact) mass is 318 g/mol. The zero-order valence-electron chi connectivity index (χ0n) is 12.9. The minimum atomic E-state index is 1.19. The van der Waals surface area contributed by atoms with Crippen LogP contribution in [0.15, 0.2) is 16.0 Å². The predicted octanol–water partition coefficient (Wildman–Crippen LogP) is 6.58. The standard InChI is InChI=1S/C16H30S3/c1-4-7-8-9-13-18-15-11-16(19-12-5-2)10-14-17-6-3/h15H,4-10,12-14H2,1-3H3. The summed E-state index contributed by atoms with van der Waals surface area (Å²) in [6.07, 6.45) is 7.88. The Hall–Kier alpha value is 0.570. The summed E-state index contributed by atoms with van der Waals surface area (Å²) < 4.78 is 0. The highest BCUT2D eigenvalue weighted by atomic mass is 32.2. The number of hydrogen-bond acceptors (Lipinski definition) is 3. The van der Waals surface area contributed by atoms with Crippen molar-refractivity contribution in [2.75, 3.05) is 23.0 Å². The van der Waals surface area contributed by atoms with Crippen molar-refractivity contribution in [3.05, 3.63) is 16.0 Å². The molecule has 0 N–H and O–H groups in total. The van der Waals surface area contributed by atoms with Gasteiger partial charge in [0.25, 0.3) is 0 Å². The van der Waals surface area contributed by atoms with Gasteiger partial charge in [0.15, 0.2) is 0 Å². The van der Waals surface area contributed by atoms with E-state index < -0.39 is 0 Å². The lowest BCUT2D eigenvalue weighted by atomic mass is 10.2. The van der Waals surface area contributed by atoms with Gasteiger partial charge in [0.05, 0.1) is 0 Å². The van der Waals surface area contributed by atoms with Crippen LogP contribution in [0.25, 0.3) is 0 Å². The van der Waals surface area contributed by atoms with E-state index in [9.17, 15) is 0 Å². The smallest absolute Gasteiger partial charge is 0.0279 e. The lowest BCUT2D eigenvalue weighted by molar-refractivity contribution is 0.707. The maximum absolute atomic E-state index is 3.51. The maximum atomic E-state index is 3.51. The maximum Gasteiger partial charge on any atom is 0.0279 e. The summed E-state index contributed by atoms with van der Waals surface area (Å²) in [7, 11) is 0. The van der Waals surface area contributed by atoms with E-state index in [1.165, 1.54) is 66.4 Å². The van der Waals surface area contributed by atoms with Crippen molar-refractivity contribution in [1.29, 1.82) is 0 Å². The van der Waals surface area contributed by atoms with Crippen LogP contribution in [0.5, 0.6) is 0 Å². The van der Waals surface area contributed by atoms with Crippen molar-refractivity contribution in [1.82, 2.24) is 0 Å². The summed E-state index contributed by atoms with van der Waals surface area (Å²) >= 11 is 5.95. The largest absolute Gasteiger partial charge is 0.162 e. The molecule has 0 saturated heterocycles. The Kier molecular flexibility index (Phi) is 17.1. The third kappa shape index (κ3) is 14.8. The predicted molar refractivity (Wildman–Crippen MR) is 98.6 cm³/mol. The Morgan fingerprint density at radius 1 is 0.947 bits per heavy atom. The topological polar surface area (TPSA) is 0 Å². The van der Waals surface area contributed by atoms with Crippen molar-refractivity contribution in [3.63, 3.8) is 0 Å². The number of unbranched alkanes of at least 4 members (excludes halogenated alkanes) is 3. The van der Waals surface area contributed by atoms with Gasteiger partial charge in [-0.3, -0.25) is 0 Å². The molecule has 0 spiro atoms. The van der Waals surface area contributed by atoms with E-state index in [2.05, 4.69) is 31.9 Å². The molecule has 19 heavy (non-hydrogen) atoms. The van der Waals surface area contributed by atoms with Crippen LogP contribution < -0.4 is 0 Å². The normalized spacial score (nSPS) is 10.3. The van der Waals surface area contributed by atoms with Gasteiger partial charge in [0, 0.05) is 10.3 Å². The molecule has 0 atom stereocenters. The Bertz CT molecular complexity index is 242. The lowest BCUT2D eigenvalue weighted by Crippen LogP contribution is -1.84. The number of allylic oxidation sites excluding steroid dienone is 1. The highest BCUT2D eigenvalue weighted by molar-refractivity contribution is 8.03. The molecule has 0 aromatic heterocycles. The van der Waals surface area contributed by atoms with E-state index in [-0.39, 0.29) is 0 Å². The highest BCUT2D eigenvalue weighted by Crippen LogP contribution is 2.22. The molecular formula is C16H30S3. The van der Waals surface area contributed by atoms with Crippen LogP contribution in [0.1, 0.15) is 59.3 Å². The number of rotatable bonds is 13. The zero-order chi connectivity index (χ0) is 14.2. The molecule has 0 amide bonds. The van der Waals surface area contributed by atoms with Crippen LogP contribution >= 0.6 is 35.3 Å². The van der Waals surface area contributed by atoms with E-state index in [1.54, 1.807) is 0 Å². The van der Waals surface area contributed by atoms with Gasteiger partial charge in [-0.1, -0.05) is 40.0 Å². The molecule has 0 aromatic carbocycles. The highest BCUT2D eigenvalue weighted by Gasteiger charge is 1.97. The fraction of sp³-hybridized carbons (Fsp3) is 0.812. The van der Waals surface area contributed by atoms with E-state index in [4.69, 9.17) is 0 Å². The van der Waals surface area contributed by atoms with E-state index in [0.29, 0.717) is 0 Å². The number of thioether (sulfide) groups is 3. The summed E-state index contributed by atoms with van der Waals surface area (Å²) in [5.74, 6) is 4.95. The lowest BCUT2D eigenvalue weighted by Gasteiger charge is -2.02. The van der Waals surface area contributed by atoms with Crippen LogP contribution in [-0.2, 0) is 0 Å². The van der Waals surface area contributed by atoms with E-state index in [0.717, 1.165) is 0 Å². The van der Waals surface area contributed by atoms with Crippen LogP contribution in [0.4, 0.5) is 0 Å². The van der Waals surface area contributed by atoms with Gasteiger partial charge in [-0.25, -0.2) is 0 Å². The van der Waals surface area contributed by atoms with Gasteiger partial charge in [-0.2, -0.15) is 11.8 Å². The van der Waals surface area contributed by atoms with Crippen molar-refractivity contribution >= 4 is 35.3 Å². The molecule has 0 aromatic rings. The van der Waals surface area contributed by atoms with Crippen LogP contribution in [0.2, 0.25) is 0 Å². The van der Waals surface area contributed by atoms with Crippen molar-refractivity contribution in [2.24, 2.45) is 0 Å². The van der Waals surface area contributed by atoms with Gasteiger partial charge < -0.3 is 0 Å². The Morgan fingerprint density at radius 2 is 1.79 bits per heavy atom. The fourth-order valence-corrected chi connectivity index (χ4v) is 3.89. The van der Waals surface area contributed by atoms with Gasteiger partial charge in [0.2, 0.25) is 0 Å². The molecular weight excluding hydrogens is 288 g/mol. The Morgan fingerprint density at radius 3 is 2.47 bits per heavy atom. The molecule has 112 valence electrons. The molecule has 0 nitrogen and oxygen atoms in total. The molecule has 0 saturated carbocycles. The first-order valence-corrected chi connectivity index (χ1v) is 10.8. The molecule has 0 aliphatic rings. The van der Waals surface area contributed by atoms with Gasteiger partial charge in [0.1, 0.15) is 0 Å². The van der Waals surface area contributed by atoms with E-state index >= 15 is 0 Å². The van der Waals surface area contributed by atoms with Crippen LogP contribution in [-0.4, -0.2) is 23.0 Å². The quantitative estimate of drug-likeness (QED) is 0.278. The molecule has 0 bridgehead atoms. The van der Waals surface area contributed by atoms with Gasteiger partial charge >= 0.3 is 0 Å². The molecule has 0 aliphatic heterocycles. The van der Waals surface area contributed by atoms with Gasteiger partial charge in [-0.15, -0.1) is 29.3 Å². The Labute approximate surface area is 133 Å². The van der Waals surface area contributed by atoms with Crippen LogP contribution in [0.3, 0.4) is 0 Å². The first kappa shape index (κ1) is 19.6.